The van der Waals surface area contributed by atoms with Crippen molar-refractivity contribution < 1.29 is 22.7 Å². The molecule has 0 spiro atoms. The van der Waals surface area contributed by atoms with Crippen LogP contribution in [-0.4, -0.2) is 93.1 Å². The summed E-state index contributed by atoms with van der Waals surface area (Å²) >= 11 is 1.42. The lowest BCUT2D eigenvalue weighted by atomic mass is 9.83. The van der Waals surface area contributed by atoms with Crippen molar-refractivity contribution in [2.45, 2.75) is 68.2 Å². The van der Waals surface area contributed by atoms with Gasteiger partial charge < -0.3 is 14.4 Å². The van der Waals surface area contributed by atoms with E-state index < -0.39 is 10.0 Å². The van der Waals surface area contributed by atoms with Gasteiger partial charge in [0.25, 0.3) is 0 Å². The summed E-state index contributed by atoms with van der Waals surface area (Å²) in [5.41, 5.74) is 3.10. The molecule has 1 atom stereocenters. The Kier molecular flexibility index (Phi) is 10.5. The van der Waals surface area contributed by atoms with Gasteiger partial charge in [-0.05, 0) is 73.6 Å². The molecule has 248 valence electrons. The van der Waals surface area contributed by atoms with Crippen LogP contribution in [0.15, 0.2) is 52.7 Å². The number of methoxy groups -OCH3 is 2. The highest BCUT2D eigenvalue weighted by atomic mass is 32.2. The molecule has 2 saturated heterocycles. The molecular weight excluding hydrogens is 623 g/mol. The number of amides is 2. The predicted octanol–water partition coefficient (Wildman–Crippen LogP) is 6.27. The fraction of sp³-hybridized carbons (Fsp3) is 0.529. The Balaban J connectivity index is 1.04. The molecule has 2 aliphatic heterocycles. The molecule has 2 amide bonds. The van der Waals surface area contributed by atoms with E-state index in [0.717, 1.165) is 36.3 Å². The number of ether oxygens (including phenoxy) is 2. The fourth-order valence-electron chi connectivity index (χ4n) is 7.03. The first-order valence-corrected chi connectivity index (χ1v) is 18.8. The highest BCUT2D eigenvalue weighted by molar-refractivity contribution is 7.89. The highest BCUT2D eigenvalue weighted by Crippen LogP contribution is 2.39. The number of nitrogens with zero attached hydrogens (tertiary/aromatic N) is 4. The Hall–Kier alpha value is -3.19. The molecule has 10 nitrogen and oxygen atoms in total. The van der Waals surface area contributed by atoms with Crippen molar-refractivity contribution in [1.82, 2.24) is 19.1 Å². The molecule has 3 fully saturated rings. The van der Waals surface area contributed by atoms with Crippen molar-refractivity contribution in [3.8, 4) is 22.8 Å². The SMILES string of the molecule is COc1ccc(S(=O)(=O)N2CCCCC2CN2CCN(C(=O)Nc3nc(-c4cc(C5CCCCC5)ccc4OC)cs3)CC2)cc1. The normalized spacial score (nSPS) is 20.4. The number of sulfonamides is 1. The van der Waals surface area contributed by atoms with E-state index >= 15 is 0 Å². The van der Waals surface area contributed by atoms with Gasteiger partial charge in [0.2, 0.25) is 10.0 Å². The Morgan fingerprint density at radius 2 is 1.65 bits per heavy atom. The van der Waals surface area contributed by atoms with E-state index in [1.807, 2.05) is 16.3 Å². The van der Waals surface area contributed by atoms with Crippen LogP contribution < -0.4 is 14.8 Å². The molecule has 3 aliphatic rings. The zero-order valence-corrected chi connectivity index (χ0v) is 28.5. The number of hydrogen-bond donors (Lipinski definition) is 1. The third kappa shape index (κ3) is 7.35. The molecule has 0 bridgehead atoms. The topological polar surface area (TPSA) is 104 Å². The van der Waals surface area contributed by atoms with E-state index in [4.69, 9.17) is 14.5 Å². The molecule has 1 N–H and O–H groups in total. The van der Waals surface area contributed by atoms with E-state index in [1.54, 1.807) is 42.8 Å². The quantitative estimate of drug-likeness (QED) is 0.287. The van der Waals surface area contributed by atoms with Crippen molar-refractivity contribution in [3.63, 3.8) is 0 Å². The van der Waals surface area contributed by atoms with Crippen molar-refractivity contribution in [1.29, 1.82) is 0 Å². The highest BCUT2D eigenvalue weighted by Gasteiger charge is 2.35. The van der Waals surface area contributed by atoms with Crippen LogP contribution in [-0.2, 0) is 10.0 Å². The van der Waals surface area contributed by atoms with Gasteiger partial charge in [-0.3, -0.25) is 10.2 Å². The largest absolute Gasteiger partial charge is 0.497 e. The van der Waals surface area contributed by atoms with Crippen molar-refractivity contribution >= 4 is 32.5 Å². The first kappa shape index (κ1) is 32.7. The van der Waals surface area contributed by atoms with Gasteiger partial charge in [-0.15, -0.1) is 11.3 Å². The van der Waals surface area contributed by atoms with E-state index in [2.05, 4.69) is 22.3 Å². The zero-order chi connectivity index (χ0) is 32.1. The van der Waals surface area contributed by atoms with Crippen LogP contribution in [0.4, 0.5) is 9.93 Å². The summed E-state index contributed by atoms with van der Waals surface area (Å²) in [7, 11) is -0.366. The maximum absolute atomic E-state index is 13.6. The minimum absolute atomic E-state index is 0.0939. The Morgan fingerprint density at radius 1 is 0.913 bits per heavy atom. The third-order valence-electron chi connectivity index (χ3n) is 9.66. The van der Waals surface area contributed by atoms with Crippen molar-refractivity contribution in [3.05, 3.63) is 53.4 Å². The third-order valence-corrected chi connectivity index (χ3v) is 12.4. The maximum Gasteiger partial charge on any atom is 0.323 e. The van der Waals surface area contributed by atoms with Crippen LogP contribution in [0.5, 0.6) is 11.5 Å². The Labute approximate surface area is 276 Å². The number of carbonyl (C=O) groups excluding carboxylic acids is 1. The summed E-state index contributed by atoms with van der Waals surface area (Å²) in [4.78, 5) is 22.4. The number of hydrogen-bond acceptors (Lipinski definition) is 8. The van der Waals surface area contributed by atoms with E-state index in [-0.39, 0.29) is 12.1 Å². The average molecular weight is 668 g/mol. The summed E-state index contributed by atoms with van der Waals surface area (Å²) in [5, 5.41) is 5.55. The molecular formula is C34H45N5O5S2. The lowest BCUT2D eigenvalue weighted by molar-refractivity contribution is 0.116. The lowest BCUT2D eigenvalue weighted by Crippen LogP contribution is -2.55. The summed E-state index contributed by atoms with van der Waals surface area (Å²) in [6.45, 7) is 3.69. The van der Waals surface area contributed by atoms with Crippen molar-refractivity contribution in [2.75, 3.05) is 58.8 Å². The second kappa shape index (κ2) is 14.7. The number of piperazine rings is 1. The second-order valence-electron chi connectivity index (χ2n) is 12.5. The maximum atomic E-state index is 13.6. The fourth-order valence-corrected chi connectivity index (χ4v) is 9.41. The number of carbonyl (C=O) groups is 1. The first-order chi connectivity index (χ1) is 22.4. The molecule has 6 rings (SSSR count). The molecule has 12 heteroatoms. The monoisotopic (exact) mass is 667 g/mol. The molecule has 2 aromatic carbocycles. The molecule has 1 aliphatic carbocycles. The molecule has 46 heavy (non-hydrogen) atoms. The summed E-state index contributed by atoms with van der Waals surface area (Å²) in [6.07, 6.45) is 9.01. The molecule has 3 heterocycles. The zero-order valence-electron chi connectivity index (χ0n) is 26.8. The smallest absolute Gasteiger partial charge is 0.323 e. The second-order valence-corrected chi connectivity index (χ2v) is 15.2. The number of benzene rings is 2. The Bertz CT molecular complexity index is 1580. The summed E-state index contributed by atoms with van der Waals surface area (Å²) in [6, 6.07) is 12.8. The lowest BCUT2D eigenvalue weighted by Gasteiger charge is -2.40. The van der Waals surface area contributed by atoms with Crippen molar-refractivity contribution in [2.24, 2.45) is 0 Å². The van der Waals surface area contributed by atoms with Gasteiger partial charge >= 0.3 is 6.03 Å². The van der Waals surface area contributed by atoms with Gasteiger partial charge in [0, 0.05) is 56.3 Å². The number of rotatable bonds is 9. The van der Waals surface area contributed by atoms with Crippen LogP contribution in [0.25, 0.3) is 11.3 Å². The van der Waals surface area contributed by atoms with E-state index in [0.29, 0.717) is 61.0 Å². The average Bonchev–Trinajstić information content (AvgIpc) is 3.57. The molecule has 0 radical (unpaired) electrons. The van der Waals surface area contributed by atoms with Crippen LogP contribution >= 0.6 is 11.3 Å². The Morgan fingerprint density at radius 3 is 2.37 bits per heavy atom. The van der Waals surface area contributed by atoms with Crippen LogP contribution in [0, 0.1) is 0 Å². The van der Waals surface area contributed by atoms with Crippen LogP contribution in [0.1, 0.15) is 62.8 Å². The van der Waals surface area contributed by atoms with Crippen LogP contribution in [0.2, 0.25) is 0 Å². The van der Waals surface area contributed by atoms with Gasteiger partial charge in [0.05, 0.1) is 24.8 Å². The number of urea groups is 1. The van der Waals surface area contributed by atoms with Gasteiger partial charge in [0.15, 0.2) is 5.13 Å². The van der Waals surface area contributed by atoms with Crippen LogP contribution in [0.3, 0.4) is 0 Å². The minimum atomic E-state index is -3.61. The first-order valence-electron chi connectivity index (χ1n) is 16.4. The number of anilines is 1. The minimum Gasteiger partial charge on any atom is -0.497 e. The number of thiazole rings is 1. The van der Waals surface area contributed by atoms with Gasteiger partial charge in [-0.2, -0.15) is 4.31 Å². The summed E-state index contributed by atoms with van der Waals surface area (Å²) < 4.78 is 39.7. The molecule has 3 aromatic rings. The predicted molar refractivity (Wildman–Crippen MR) is 181 cm³/mol. The molecule has 1 saturated carbocycles. The molecule has 1 unspecified atom stereocenters. The van der Waals surface area contributed by atoms with E-state index in [9.17, 15) is 13.2 Å². The van der Waals surface area contributed by atoms with Gasteiger partial charge in [-0.25, -0.2) is 18.2 Å². The number of piperidine rings is 1. The standard InChI is InChI=1S/C34H45N5O5S2/c1-43-28-12-14-29(15-13-28)46(41,42)39-17-7-6-10-27(39)23-37-18-20-38(21-19-37)34(40)36-33-35-31(24-45-33)30-22-26(11-16-32(30)44-2)25-8-4-3-5-9-25/h11-16,22,24-25,27H,3-10,17-21,23H2,1-2H3,(H,35,36,40). The van der Waals surface area contributed by atoms with Gasteiger partial charge in [0.1, 0.15) is 11.5 Å². The number of aromatic nitrogens is 1. The number of nitrogens with one attached hydrogen (secondary N) is 1. The van der Waals surface area contributed by atoms with Gasteiger partial charge in [-0.1, -0.05) is 31.7 Å². The van der Waals surface area contributed by atoms with E-state index in [1.165, 1.54) is 49.0 Å². The summed E-state index contributed by atoms with van der Waals surface area (Å²) in [5.74, 6) is 1.99. The molecule has 1 aromatic heterocycles.